The minimum Gasteiger partial charge on any atom is -0.366 e. The fourth-order valence-electron chi connectivity index (χ4n) is 3.65. The number of nitriles is 1. The molecule has 2 aromatic rings. The van der Waals surface area contributed by atoms with E-state index in [4.69, 9.17) is 11.8 Å². The molecule has 0 aliphatic carbocycles. The number of alkyl halides is 3. The summed E-state index contributed by atoms with van der Waals surface area (Å²) in [5.74, 6) is 0. The summed E-state index contributed by atoms with van der Waals surface area (Å²) < 4.78 is 67.6. The van der Waals surface area contributed by atoms with Gasteiger partial charge in [0.2, 0.25) is 10.0 Å². The van der Waals surface area contributed by atoms with Gasteiger partial charge in [-0.1, -0.05) is 6.07 Å². The molecule has 1 aliphatic rings. The van der Waals surface area contributed by atoms with Crippen LogP contribution in [0.2, 0.25) is 0 Å². The number of sulfonamides is 1. The van der Waals surface area contributed by atoms with Crippen molar-refractivity contribution in [3.63, 3.8) is 0 Å². The van der Waals surface area contributed by atoms with Crippen LogP contribution in [-0.2, 0) is 16.2 Å². The number of benzene rings is 2. The summed E-state index contributed by atoms with van der Waals surface area (Å²) in [6, 6.07) is 10.2. The summed E-state index contributed by atoms with van der Waals surface area (Å²) in [5.41, 5.74) is -0.852. The second kappa shape index (κ2) is 8.22. The number of hydrogen-bond donors (Lipinski definition) is 0. The average molecular weight is 448 g/mol. The van der Waals surface area contributed by atoms with Crippen molar-refractivity contribution in [1.82, 2.24) is 4.31 Å². The van der Waals surface area contributed by atoms with Gasteiger partial charge < -0.3 is 4.90 Å². The van der Waals surface area contributed by atoms with Gasteiger partial charge in [0, 0.05) is 30.9 Å². The number of hydrogen-bond acceptors (Lipinski definition) is 4. The van der Waals surface area contributed by atoms with Crippen LogP contribution in [0.5, 0.6) is 0 Å². The lowest BCUT2D eigenvalue weighted by molar-refractivity contribution is -0.136. The smallest absolute Gasteiger partial charge is 0.366 e. The first-order chi connectivity index (χ1) is 14.5. The van der Waals surface area contributed by atoms with Gasteiger partial charge in [-0.3, -0.25) is 0 Å². The van der Waals surface area contributed by atoms with Crippen molar-refractivity contribution < 1.29 is 21.6 Å². The van der Waals surface area contributed by atoms with Gasteiger partial charge in [-0.05, 0) is 50.2 Å². The molecule has 1 heterocycles. The maximum Gasteiger partial charge on any atom is 0.407 e. The zero-order chi connectivity index (χ0) is 23.0. The molecule has 2 atom stereocenters. The van der Waals surface area contributed by atoms with Crippen LogP contribution in [0.1, 0.15) is 25.0 Å². The molecule has 10 heteroatoms. The molecule has 0 unspecified atom stereocenters. The van der Waals surface area contributed by atoms with Gasteiger partial charge in [0.15, 0.2) is 5.69 Å². The Bertz CT molecular complexity index is 1170. The largest absolute Gasteiger partial charge is 0.407 e. The zero-order valence-corrected chi connectivity index (χ0v) is 17.6. The number of piperazine rings is 1. The van der Waals surface area contributed by atoms with Crippen LogP contribution in [0.15, 0.2) is 47.4 Å². The van der Waals surface area contributed by atoms with E-state index in [0.29, 0.717) is 5.56 Å². The van der Waals surface area contributed by atoms with Crippen LogP contribution in [0.4, 0.5) is 24.5 Å². The van der Waals surface area contributed by atoms with E-state index >= 15 is 0 Å². The van der Waals surface area contributed by atoms with Crippen molar-refractivity contribution in [2.45, 2.75) is 37.0 Å². The molecule has 0 N–H and O–H groups in total. The maximum absolute atomic E-state index is 13.3. The Balaban J connectivity index is 1.90. The highest BCUT2D eigenvalue weighted by Gasteiger charge is 2.39. The molecule has 31 heavy (non-hydrogen) atoms. The van der Waals surface area contributed by atoms with Crippen LogP contribution in [-0.4, -0.2) is 37.9 Å². The molecular formula is C21H19F3N4O2S. The molecule has 0 amide bonds. The van der Waals surface area contributed by atoms with E-state index in [1.54, 1.807) is 18.7 Å². The second-order valence-corrected chi connectivity index (χ2v) is 9.26. The maximum atomic E-state index is 13.3. The van der Waals surface area contributed by atoms with Gasteiger partial charge in [0.25, 0.3) is 0 Å². The molecule has 1 saturated heterocycles. The van der Waals surface area contributed by atoms with Crippen molar-refractivity contribution >= 4 is 21.4 Å². The quantitative estimate of drug-likeness (QED) is 0.652. The fraction of sp³-hybridized carbons (Fsp3) is 0.333. The van der Waals surface area contributed by atoms with Crippen LogP contribution in [0.3, 0.4) is 0 Å². The number of nitrogens with zero attached hydrogens (tertiary/aromatic N) is 4. The monoisotopic (exact) mass is 448 g/mol. The summed E-state index contributed by atoms with van der Waals surface area (Å²) >= 11 is 0. The lowest BCUT2D eigenvalue weighted by atomic mass is 10.1. The molecule has 2 aromatic carbocycles. The molecule has 0 bridgehead atoms. The van der Waals surface area contributed by atoms with Crippen LogP contribution < -0.4 is 4.90 Å². The van der Waals surface area contributed by atoms with Gasteiger partial charge in [0.05, 0.1) is 28.7 Å². The zero-order valence-electron chi connectivity index (χ0n) is 16.8. The predicted molar refractivity (Wildman–Crippen MR) is 109 cm³/mol. The normalized spacial score (nSPS) is 20.2. The van der Waals surface area contributed by atoms with E-state index in [1.165, 1.54) is 34.6 Å². The van der Waals surface area contributed by atoms with Crippen LogP contribution in [0, 0.1) is 17.9 Å². The molecule has 0 saturated carbocycles. The van der Waals surface area contributed by atoms with Crippen molar-refractivity contribution in [2.75, 3.05) is 18.0 Å². The van der Waals surface area contributed by atoms with Crippen molar-refractivity contribution in [3.8, 4) is 6.07 Å². The Morgan fingerprint density at radius 2 is 1.74 bits per heavy atom. The highest BCUT2D eigenvalue weighted by molar-refractivity contribution is 7.89. The Morgan fingerprint density at radius 3 is 2.29 bits per heavy atom. The highest BCUT2D eigenvalue weighted by atomic mass is 32.2. The predicted octanol–water partition coefficient (Wildman–Crippen LogP) is 4.42. The first-order valence-corrected chi connectivity index (χ1v) is 10.8. The summed E-state index contributed by atoms with van der Waals surface area (Å²) in [6.07, 6.45) is -4.66. The van der Waals surface area contributed by atoms with Gasteiger partial charge in [-0.2, -0.15) is 22.7 Å². The third-order valence-corrected chi connectivity index (χ3v) is 7.25. The molecule has 162 valence electrons. The molecule has 3 rings (SSSR count). The van der Waals surface area contributed by atoms with Gasteiger partial charge in [-0.15, -0.1) is 0 Å². The van der Waals surface area contributed by atoms with Crippen LogP contribution >= 0.6 is 0 Å². The van der Waals surface area contributed by atoms with Crippen molar-refractivity contribution in [2.24, 2.45) is 0 Å². The summed E-state index contributed by atoms with van der Waals surface area (Å²) in [4.78, 5) is 4.73. The molecule has 6 nitrogen and oxygen atoms in total. The topological polar surface area (TPSA) is 68.8 Å². The Morgan fingerprint density at radius 1 is 1.10 bits per heavy atom. The van der Waals surface area contributed by atoms with E-state index < -0.39 is 39.5 Å². The molecule has 0 aromatic heterocycles. The molecular weight excluding hydrogens is 429 g/mol. The molecule has 1 aliphatic heterocycles. The summed E-state index contributed by atoms with van der Waals surface area (Å²) in [5, 5.41) is 8.89. The summed E-state index contributed by atoms with van der Waals surface area (Å²) in [6.45, 7) is 10.7. The summed E-state index contributed by atoms with van der Waals surface area (Å²) in [7, 11) is -3.84. The van der Waals surface area contributed by atoms with E-state index in [9.17, 15) is 21.6 Å². The SMILES string of the molecule is [C-]#[N+]c1ccc(N2C[C@@H](C)N(S(=O)(=O)c3ccc(C#N)cc3)C[C@@H]2C)cc1C(F)(F)F. The van der Waals surface area contributed by atoms with E-state index in [1.807, 2.05) is 6.07 Å². The number of halogens is 3. The number of anilines is 1. The van der Waals surface area contributed by atoms with Crippen molar-refractivity contribution in [3.05, 3.63) is 65.0 Å². The number of rotatable bonds is 3. The van der Waals surface area contributed by atoms with E-state index in [-0.39, 0.29) is 23.7 Å². The first kappa shape index (κ1) is 22.6. The highest BCUT2D eigenvalue weighted by Crippen LogP contribution is 2.39. The second-order valence-electron chi connectivity index (χ2n) is 7.37. The third kappa shape index (κ3) is 4.36. The van der Waals surface area contributed by atoms with Gasteiger partial charge >= 0.3 is 6.18 Å². The van der Waals surface area contributed by atoms with Gasteiger partial charge in [-0.25, -0.2) is 13.3 Å². The van der Waals surface area contributed by atoms with Crippen LogP contribution in [0.25, 0.3) is 4.85 Å². The first-order valence-electron chi connectivity index (χ1n) is 9.36. The average Bonchev–Trinajstić information content (AvgIpc) is 2.74. The Kier molecular flexibility index (Phi) is 5.99. The lowest BCUT2D eigenvalue weighted by Gasteiger charge is -2.44. The Hall–Kier alpha value is -3.08. The Labute approximate surface area is 179 Å². The molecule has 1 fully saturated rings. The fourth-order valence-corrected chi connectivity index (χ4v) is 5.36. The van der Waals surface area contributed by atoms with E-state index in [0.717, 1.165) is 12.1 Å². The lowest BCUT2D eigenvalue weighted by Crippen LogP contribution is -2.58. The minimum absolute atomic E-state index is 0.0553. The molecule has 0 radical (unpaired) electrons. The molecule has 0 spiro atoms. The van der Waals surface area contributed by atoms with E-state index in [2.05, 4.69) is 4.85 Å². The third-order valence-electron chi connectivity index (χ3n) is 5.26. The van der Waals surface area contributed by atoms with Crippen molar-refractivity contribution in [1.29, 1.82) is 5.26 Å². The van der Waals surface area contributed by atoms with Gasteiger partial charge in [0.1, 0.15) is 0 Å². The standard InChI is InChI=1S/C21H19F3N4O2S/c1-14-13-28(31(29,30)18-7-4-16(11-25)5-8-18)15(2)12-27(14)17-6-9-20(26-3)19(10-17)21(22,23)24/h4-10,14-15H,12-13H2,1-2H3/t14-,15+/m0/s1. The minimum atomic E-state index is -4.66.